The lowest BCUT2D eigenvalue weighted by Gasteiger charge is -2.17. The first kappa shape index (κ1) is 14.9. The number of anilines is 1. The molecule has 1 rings (SSSR count). The molecule has 18 heavy (non-hydrogen) atoms. The molecule has 3 N–H and O–H groups in total. The van der Waals surface area contributed by atoms with Crippen molar-refractivity contribution in [3.63, 3.8) is 0 Å². The fourth-order valence-corrected chi connectivity index (χ4v) is 3.08. The summed E-state index contributed by atoms with van der Waals surface area (Å²) >= 11 is 0. The number of nitrogens with two attached hydrogens (primary N) is 1. The van der Waals surface area contributed by atoms with Crippen LogP contribution in [0.2, 0.25) is 0 Å². The Labute approximate surface area is 109 Å². The van der Waals surface area contributed by atoms with Crippen LogP contribution in [-0.2, 0) is 10.0 Å². The fourth-order valence-electron chi connectivity index (χ4n) is 1.77. The first-order valence-electron chi connectivity index (χ1n) is 6.09. The van der Waals surface area contributed by atoms with E-state index in [2.05, 4.69) is 23.6 Å². The molecule has 0 amide bonds. The van der Waals surface area contributed by atoms with Crippen LogP contribution in [0.15, 0.2) is 23.4 Å². The monoisotopic (exact) mass is 271 g/mol. The topological polar surface area (TPSA) is 85.1 Å². The van der Waals surface area contributed by atoms with E-state index in [1.807, 2.05) is 6.92 Å². The van der Waals surface area contributed by atoms with Crippen LogP contribution in [0.5, 0.6) is 0 Å². The third-order valence-electron chi connectivity index (χ3n) is 2.86. The molecule has 1 heterocycles. The Hall–Kier alpha value is -1.14. The van der Waals surface area contributed by atoms with E-state index in [9.17, 15) is 8.42 Å². The minimum Gasteiger partial charge on any atom is -0.396 e. The molecular weight excluding hydrogens is 250 g/mol. The van der Waals surface area contributed by atoms with Crippen molar-refractivity contribution >= 4 is 15.7 Å². The SMILES string of the molecule is CCC(C)CC(C)NS(=O)(=O)c1ncccc1N. The van der Waals surface area contributed by atoms with Crippen molar-refractivity contribution in [2.45, 2.75) is 44.7 Å². The van der Waals surface area contributed by atoms with Crippen LogP contribution in [0.4, 0.5) is 5.69 Å². The third-order valence-corrected chi connectivity index (χ3v) is 4.43. The van der Waals surface area contributed by atoms with E-state index in [1.54, 1.807) is 6.07 Å². The molecule has 0 aliphatic carbocycles. The highest BCUT2D eigenvalue weighted by atomic mass is 32.2. The summed E-state index contributed by atoms with van der Waals surface area (Å²) in [4.78, 5) is 3.83. The van der Waals surface area contributed by atoms with Gasteiger partial charge in [0.05, 0.1) is 5.69 Å². The molecule has 0 saturated heterocycles. The molecule has 0 radical (unpaired) electrons. The standard InChI is InChI=1S/C12H21N3O2S/c1-4-9(2)8-10(3)15-18(16,17)12-11(13)6-5-7-14-12/h5-7,9-10,15H,4,8,13H2,1-3H3. The molecule has 0 aliphatic heterocycles. The molecule has 0 aliphatic rings. The van der Waals surface area contributed by atoms with Crippen LogP contribution in [0.1, 0.15) is 33.6 Å². The first-order chi connectivity index (χ1) is 8.36. The number of hydrogen-bond acceptors (Lipinski definition) is 4. The van der Waals surface area contributed by atoms with E-state index in [0.29, 0.717) is 5.92 Å². The number of nitrogens with zero attached hydrogens (tertiary/aromatic N) is 1. The highest BCUT2D eigenvalue weighted by Crippen LogP contribution is 2.16. The lowest BCUT2D eigenvalue weighted by atomic mass is 10.0. The number of pyridine rings is 1. The number of nitrogens with one attached hydrogen (secondary N) is 1. The first-order valence-corrected chi connectivity index (χ1v) is 7.58. The van der Waals surface area contributed by atoms with Gasteiger partial charge in [-0.3, -0.25) is 0 Å². The zero-order valence-electron chi connectivity index (χ0n) is 11.1. The van der Waals surface area contributed by atoms with Crippen molar-refractivity contribution < 1.29 is 8.42 Å². The summed E-state index contributed by atoms with van der Waals surface area (Å²) < 4.78 is 26.8. The van der Waals surface area contributed by atoms with E-state index in [4.69, 9.17) is 5.73 Å². The summed E-state index contributed by atoms with van der Waals surface area (Å²) in [7, 11) is -3.63. The lowest BCUT2D eigenvalue weighted by Crippen LogP contribution is -2.34. The minimum atomic E-state index is -3.63. The molecule has 2 atom stereocenters. The van der Waals surface area contributed by atoms with Gasteiger partial charge in [0.1, 0.15) is 0 Å². The molecule has 0 aromatic carbocycles. The van der Waals surface area contributed by atoms with Crippen molar-refractivity contribution in [2.24, 2.45) is 5.92 Å². The molecule has 0 fully saturated rings. The summed E-state index contributed by atoms with van der Waals surface area (Å²) in [6, 6.07) is 3.00. The average Bonchev–Trinajstić information content (AvgIpc) is 2.28. The maximum Gasteiger partial charge on any atom is 0.260 e. The molecule has 6 heteroatoms. The summed E-state index contributed by atoms with van der Waals surface area (Å²) in [5, 5.41) is -0.0963. The molecule has 0 spiro atoms. The molecule has 102 valence electrons. The van der Waals surface area contributed by atoms with Gasteiger partial charge in [0.15, 0.2) is 5.03 Å². The van der Waals surface area contributed by atoms with Gasteiger partial charge in [0.25, 0.3) is 10.0 Å². The predicted molar refractivity (Wildman–Crippen MR) is 72.5 cm³/mol. The summed E-state index contributed by atoms with van der Waals surface area (Å²) in [6.07, 6.45) is 3.24. The Morgan fingerprint density at radius 2 is 2.11 bits per heavy atom. The van der Waals surface area contributed by atoms with E-state index in [-0.39, 0.29) is 16.8 Å². The molecule has 1 aromatic rings. The van der Waals surface area contributed by atoms with Crippen molar-refractivity contribution in [1.29, 1.82) is 0 Å². The Morgan fingerprint density at radius 1 is 1.44 bits per heavy atom. The Balaban J connectivity index is 2.80. The normalized spacial score (nSPS) is 15.3. The third kappa shape index (κ3) is 3.96. The van der Waals surface area contributed by atoms with Crippen molar-refractivity contribution in [1.82, 2.24) is 9.71 Å². The van der Waals surface area contributed by atoms with Crippen LogP contribution >= 0.6 is 0 Å². The van der Waals surface area contributed by atoms with Gasteiger partial charge in [-0.2, -0.15) is 0 Å². The number of nitrogen functional groups attached to an aromatic ring is 1. The van der Waals surface area contributed by atoms with Gasteiger partial charge < -0.3 is 5.73 Å². The van der Waals surface area contributed by atoms with Gasteiger partial charge in [0.2, 0.25) is 0 Å². The molecule has 5 nitrogen and oxygen atoms in total. The Morgan fingerprint density at radius 3 is 2.67 bits per heavy atom. The highest BCUT2D eigenvalue weighted by Gasteiger charge is 2.21. The second-order valence-corrected chi connectivity index (χ2v) is 6.30. The molecular formula is C12H21N3O2S. The molecule has 2 unspecified atom stereocenters. The number of hydrogen-bond donors (Lipinski definition) is 2. The number of sulfonamides is 1. The summed E-state index contributed by atoms with van der Waals surface area (Å²) in [5.74, 6) is 0.476. The van der Waals surface area contributed by atoms with Crippen molar-refractivity contribution in [3.8, 4) is 0 Å². The largest absolute Gasteiger partial charge is 0.396 e. The summed E-state index contributed by atoms with van der Waals surface area (Å²) in [5.41, 5.74) is 5.80. The fraction of sp³-hybridized carbons (Fsp3) is 0.583. The summed E-state index contributed by atoms with van der Waals surface area (Å²) in [6.45, 7) is 6.03. The lowest BCUT2D eigenvalue weighted by molar-refractivity contribution is 0.445. The van der Waals surface area contributed by atoms with E-state index >= 15 is 0 Å². The number of rotatable bonds is 6. The van der Waals surface area contributed by atoms with Crippen LogP contribution in [0.3, 0.4) is 0 Å². The predicted octanol–water partition coefficient (Wildman–Crippen LogP) is 1.77. The van der Waals surface area contributed by atoms with Gasteiger partial charge >= 0.3 is 0 Å². The second-order valence-electron chi connectivity index (χ2n) is 4.67. The molecule has 1 aromatic heterocycles. The van der Waals surface area contributed by atoms with Gasteiger partial charge in [-0.1, -0.05) is 20.3 Å². The van der Waals surface area contributed by atoms with Crippen LogP contribution < -0.4 is 10.5 Å². The highest BCUT2D eigenvalue weighted by molar-refractivity contribution is 7.89. The molecule has 0 saturated carbocycles. The van der Waals surface area contributed by atoms with Crippen molar-refractivity contribution in [2.75, 3.05) is 5.73 Å². The van der Waals surface area contributed by atoms with E-state index in [0.717, 1.165) is 12.8 Å². The maximum atomic E-state index is 12.1. The van der Waals surface area contributed by atoms with E-state index < -0.39 is 10.0 Å². The Bertz CT molecular complexity index is 488. The quantitative estimate of drug-likeness (QED) is 0.825. The zero-order chi connectivity index (χ0) is 13.8. The van der Waals surface area contributed by atoms with Crippen LogP contribution in [0, 0.1) is 5.92 Å². The number of aromatic nitrogens is 1. The molecule has 0 bridgehead atoms. The van der Waals surface area contributed by atoms with Crippen molar-refractivity contribution in [3.05, 3.63) is 18.3 Å². The van der Waals surface area contributed by atoms with E-state index in [1.165, 1.54) is 12.3 Å². The minimum absolute atomic E-state index is 0.0963. The second kappa shape index (κ2) is 6.15. The average molecular weight is 271 g/mol. The maximum absolute atomic E-state index is 12.1. The van der Waals surface area contributed by atoms with Gasteiger partial charge in [0, 0.05) is 12.2 Å². The van der Waals surface area contributed by atoms with Gasteiger partial charge in [-0.15, -0.1) is 0 Å². The zero-order valence-corrected chi connectivity index (χ0v) is 11.9. The smallest absolute Gasteiger partial charge is 0.260 e. The van der Waals surface area contributed by atoms with Crippen LogP contribution in [-0.4, -0.2) is 19.4 Å². The van der Waals surface area contributed by atoms with Gasteiger partial charge in [-0.25, -0.2) is 18.1 Å². The van der Waals surface area contributed by atoms with Crippen LogP contribution in [0.25, 0.3) is 0 Å². The van der Waals surface area contributed by atoms with Gasteiger partial charge in [-0.05, 0) is 31.4 Å². The Kier molecular flexibility index (Phi) is 5.10.